The maximum Gasteiger partial charge on any atom is 0.306 e. The Balaban J connectivity index is 2.01. The minimum absolute atomic E-state index is 0.00815. The van der Waals surface area contributed by atoms with Crippen LogP contribution in [0, 0.1) is 5.92 Å². The summed E-state index contributed by atoms with van der Waals surface area (Å²) in [5.74, 6) is -1.04. The summed E-state index contributed by atoms with van der Waals surface area (Å²) in [6, 6.07) is 0.0506. The number of hydrogen-bond acceptors (Lipinski definition) is 3. The zero-order valence-electron chi connectivity index (χ0n) is 10.4. The van der Waals surface area contributed by atoms with Gasteiger partial charge in [0.2, 0.25) is 5.91 Å². The van der Waals surface area contributed by atoms with Gasteiger partial charge in [0.1, 0.15) is 0 Å². The number of ether oxygens (including phenoxy) is 1. The number of nitrogens with one attached hydrogen (secondary N) is 1. The molecule has 17 heavy (non-hydrogen) atoms. The first-order valence-corrected chi connectivity index (χ1v) is 6.12. The second-order valence-electron chi connectivity index (χ2n) is 4.79. The van der Waals surface area contributed by atoms with E-state index in [1.807, 2.05) is 13.8 Å². The first-order valence-electron chi connectivity index (χ1n) is 6.12. The second-order valence-corrected chi connectivity index (χ2v) is 4.79. The lowest BCUT2D eigenvalue weighted by molar-refractivity contribution is -0.146. The van der Waals surface area contributed by atoms with E-state index < -0.39 is 5.97 Å². The second kappa shape index (κ2) is 6.59. The topological polar surface area (TPSA) is 75.6 Å². The highest BCUT2D eigenvalue weighted by molar-refractivity contribution is 5.77. The number of carboxylic acid groups (broad SMARTS) is 1. The standard InChI is InChI=1S/C12H21NO4/c1-8(2)17-5-3-4-11(14)13-10-6-9(7-10)12(15)16/h8-10H,3-7H2,1-2H3,(H,13,14)(H,15,16). The largest absolute Gasteiger partial charge is 0.481 e. The quantitative estimate of drug-likeness (QED) is 0.658. The summed E-state index contributed by atoms with van der Waals surface area (Å²) in [6.45, 7) is 4.51. The Morgan fingerprint density at radius 3 is 2.59 bits per heavy atom. The molecule has 0 radical (unpaired) electrons. The average Bonchev–Trinajstić information content (AvgIpc) is 2.16. The van der Waals surface area contributed by atoms with Crippen LogP contribution in [0.15, 0.2) is 0 Å². The molecule has 0 bridgehead atoms. The van der Waals surface area contributed by atoms with Gasteiger partial charge in [0.25, 0.3) is 0 Å². The molecule has 1 saturated carbocycles. The number of amides is 1. The lowest BCUT2D eigenvalue weighted by Gasteiger charge is -2.32. The molecule has 1 aliphatic carbocycles. The van der Waals surface area contributed by atoms with Crippen molar-refractivity contribution in [2.24, 2.45) is 5.92 Å². The highest BCUT2D eigenvalue weighted by Crippen LogP contribution is 2.27. The minimum atomic E-state index is -0.763. The first-order chi connectivity index (χ1) is 7.99. The van der Waals surface area contributed by atoms with Crippen molar-refractivity contribution in [2.45, 2.75) is 51.7 Å². The van der Waals surface area contributed by atoms with E-state index in [-0.39, 0.29) is 24.0 Å². The van der Waals surface area contributed by atoms with Crippen molar-refractivity contribution >= 4 is 11.9 Å². The number of carboxylic acids is 1. The van der Waals surface area contributed by atoms with Crippen molar-refractivity contribution in [2.75, 3.05) is 6.61 Å². The van der Waals surface area contributed by atoms with Gasteiger partial charge in [-0.05, 0) is 33.1 Å². The van der Waals surface area contributed by atoms with Gasteiger partial charge >= 0.3 is 5.97 Å². The van der Waals surface area contributed by atoms with Crippen LogP contribution in [-0.2, 0) is 14.3 Å². The summed E-state index contributed by atoms with van der Waals surface area (Å²) in [6.07, 6.45) is 2.47. The van der Waals surface area contributed by atoms with Gasteiger partial charge in [-0.25, -0.2) is 0 Å². The van der Waals surface area contributed by atoms with E-state index in [9.17, 15) is 9.59 Å². The molecule has 5 heteroatoms. The van der Waals surface area contributed by atoms with Crippen LogP contribution in [0.4, 0.5) is 0 Å². The molecule has 0 unspecified atom stereocenters. The Labute approximate surface area is 102 Å². The number of hydrogen-bond donors (Lipinski definition) is 2. The fraction of sp³-hybridized carbons (Fsp3) is 0.833. The molecule has 1 rings (SSSR count). The zero-order valence-corrected chi connectivity index (χ0v) is 10.4. The zero-order chi connectivity index (χ0) is 12.8. The van der Waals surface area contributed by atoms with Crippen LogP contribution in [0.1, 0.15) is 39.5 Å². The average molecular weight is 243 g/mol. The number of aliphatic carboxylic acids is 1. The molecular weight excluding hydrogens is 222 g/mol. The molecule has 0 aromatic rings. The normalized spacial score (nSPS) is 23.2. The third-order valence-corrected chi connectivity index (χ3v) is 2.85. The van der Waals surface area contributed by atoms with Crippen LogP contribution in [0.25, 0.3) is 0 Å². The van der Waals surface area contributed by atoms with Crippen LogP contribution < -0.4 is 5.32 Å². The van der Waals surface area contributed by atoms with E-state index in [1.54, 1.807) is 0 Å². The van der Waals surface area contributed by atoms with E-state index in [0.29, 0.717) is 32.3 Å². The fourth-order valence-electron chi connectivity index (χ4n) is 1.79. The monoisotopic (exact) mass is 243 g/mol. The molecular formula is C12H21NO4. The Bertz CT molecular complexity index is 272. The van der Waals surface area contributed by atoms with Gasteiger partial charge in [0.05, 0.1) is 12.0 Å². The van der Waals surface area contributed by atoms with Gasteiger partial charge < -0.3 is 15.2 Å². The van der Waals surface area contributed by atoms with E-state index in [1.165, 1.54) is 0 Å². The number of rotatable bonds is 7. The fourth-order valence-corrected chi connectivity index (χ4v) is 1.79. The molecule has 2 N–H and O–H groups in total. The Kier molecular flexibility index (Phi) is 5.41. The molecule has 98 valence electrons. The molecule has 0 saturated heterocycles. The number of carbonyl (C=O) groups is 2. The molecule has 1 amide bonds. The number of carbonyl (C=O) groups excluding carboxylic acids is 1. The molecule has 1 fully saturated rings. The van der Waals surface area contributed by atoms with Crippen molar-refractivity contribution in [1.82, 2.24) is 5.32 Å². The highest BCUT2D eigenvalue weighted by Gasteiger charge is 2.34. The van der Waals surface area contributed by atoms with Crippen LogP contribution >= 0.6 is 0 Å². The first kappa shape index (κ1) is 14.0. The summed E-state index contributed by atoms with van der Waals surface area (Å²) in [5, 5.41) is 11.5. The molecule has 0 aliphatic heterocycles. The SMILES string of the molecule is CC(C)OCCCC(=O)NC1CC(C(=O)O)C1. The Morgan fingerprint density at radius 1 is 1.41 bits per heavy atom. The predicted octanol–water partition coefficient (Wildman–Crippen LogP) is 1.17. The van der Waals surface area contributed by atoms with Crippen molar-refractivity contribution in [3.8, 4) is 0 Å². The van der Waals surface area contributed by atoms with Gasteiger partial charge in [0, 0.05) is 19.1 Å². The van der Waals surface area contributed by atoms with E-state index in [0.717, 1.165) is 0 Å². The Hall–Kier alpha value is -1.10. The van der Waals surface area contributed by atoms with Crippen LogP contribution in [0.2, 0.25) is 0 Å². The van der Waals surface area contributed by atoms with E-state index >= 15 is 0 Å². The third kappa shape index (κ3) is 5.17. The molecule has 1 aliphatic rings. The van der Waals surface area contributed by atoms with Gasteiger partial charge in [-0.15, -0.1) is 0 Å². The Morgan fingerprint density at radius 2 is 2.06 bits per heavy atom. The summed E-state index contributed by atoms with van der Waals surface area (Å²) in [5.41, 5.74) is 0. The molecule has 5 nitrogen and oxygen atoms in total. The summed E-state index contributed by atoms with van der Waals surface area (Å²) in [7, 11) is 0. The van der Waals surface area contributed by atoms with Gasteiger partial charge in [0.15, 0.2) is 0 Å². The van der Waals surface area contributed by atoms with Crippen LogP contribution in [0.3, 0.4) is 0 Å². The van der Waals surface area contributed by atoms with Crippen molar-refractivity contribution < 1.29 is 19.4 Å². The molecule has 0 atom stereocenters. The molecule has 0 aromatic carbocycles. The van der Waals surface area contributed by atoms with Crippen LogP contribution in [0.5, 0.6) is 0 Å². The van der Waals surface area contributed by atoms with Crippen LogP contribution in [-0.4, -0.2) is 35.7 Å². The van der Waals surface area contributed by atoms with Crippen molar-refractivity contribution in [1.29, 1.82) is 0 Å². The maximum absolute atomic E-state index is 11.5. The summed E-state index contributed by atoms with van der Waals surface area (Å²) in [4.78, 5) is 22.0. The minimum Gasteiger partial charge on any atom is -0.481 e. The lowest BCUT2D eigenvalue weighted by atomic mass is 9.80. The van der Waals surface area contributed by atoms with Gasteiger partial charge in [-0.1, -0.05) is 0 Å². The molecule has 0 spiro atoms. The maximum atomic E-state index is 11.5. The lowest BCUT2D eigenvalue weighted by Crippen LogP contribution is -2.46. The predicted molar refractivity (Wildman–Crippen MR) is 62.6 cm³/mol. The summed E-state index contributed by atoms with van der Waals surface area (Å²) < 4.78 is 5.33. The molecule has 0 aromatic heterocycles. The third-order valence-electron chi connectivity index (χ3n) is 2.85. The summed E-state index contributed by atoms with van der Waals surface area (Å²) >= 11 is 0. The van der Waals surface area contributed by atoms with Crippen molar-refractivity contribution in [3.05, 3.63) is 0 Å². The highest BCUT2D eigenvalue weighted by atomic mass is 16.5. The van der Waals surface area contributed by atoms with Gasteiger partial charge in [-0.2, -0.15) is 0 Å². The van der Waals surface area contributed by atoms with E-state index in [4.69, 9.17) is 9.84 Å². The van der Waals surface area contributed by atoms with E-state index in [2.05, 4.69) is 5.32 Å². The molecule has 0 heterocycles. The van der Waals surface area contributed by atoms with Gasteiger partial charge in [-0.3, -0.25) is 9.59 Å². The van der Waals surface area contributed by atoms with Crippen molar-refractivity contribution in [3.63, 3.8) is 0 Å². The smallest absolute Gasteiger partial charge is 0.306 e.